The highest BCUT2D eigenvalue weighted by atomic mass is 79.9. The van der Waals surface area contributed by atoms with Crippen LogP contribution < -0.4 is 0 Å². The van der Waals surface area contributed by atoms with E-state index < -0.39 is 0 Å². The first-order valence-electron chi connectivity index (χ1n) is 3.17. The molecule has 0 aromatic rings. The normalized spacial score (nSPS) is 10.1. The molecular weight excluding hydrogens is 192 g/mol. The highest BCUT2D eigenvalue weighted by Gasteiger charge is 1.87. The monoisotopic (exact) mass is 202 g/mol. The smallest absolute Gasteiger partial charge is 0.158 e. The number of rotatable bonds is 5. The van der Waals surface area contributed by atoms with E-state index in [2.05, 4.69) is 22.5 Å². The first-order valence-corrected chi connectivity index (χ1v) is 4.29. The summed E-state index contributed by atoms with van der Waals surface area (Å²) in [5, 5.41) is 0.950. The summed E-state index contributed by atoms with van der Waals surface area (Å²) in [4.78, 5) is 10.6. The molecule has 0 aliphatic heterocycles. The molecule has 0 bridgehead atoms. The molecule has 0 N–H and O–H groups in total. The molecule has 0 aromatic heterocycles. The van der Waals surface area contributed by atoms with E-state index in [1.807, 2.05) is 12.2 Å². The minimum absolute atomic E-state index is 0.0748. The first-order chi connectivity index (χ1) is 4.81. The average Bonchev–Trinajstić information content (AvgIpc) is 1.98. The summed E-state index contributed by atoms with van der Waals surface area (Å²) in [7, 11) is 0. The van der Waals surface area contributed by atoms with Gasteiger partial charge >= 0.3 is 0 Å². The summed E-state index contributed by atoms with van der Waals surface area (Å²) < 4.78 is 0. The van der Waals surface area contributed by atoms with Crippen LogP contribution in [0.4, 0.5) is 0 Å². The Balaban J connectivity index is 3.33. The Hall–Kier alpha value is -0.370. The molecule has 0 atom stereocenters. The second kappa shape index (κ2) is 6.75. The summed E-state index contributed by atoms with van der Waals surface area (Å²) in [6.07, 6.45) is 6.65. The zero-order valence-electron chi connectivity index (χ0n) is 5.85. The number of alkyl halides is 1. The predicted octanol–water partition coefficient (Wildman–Crippen LogP) is 2.47. The molecule has 0 radical (unpaired) electrons. The van der Waals surface area contributed by atoms with Gasteiger partial charge in [0.05, 0.1) is 0 Å². The van der Waals surface area contributed by atoms with Gasteiger partial charge in [-0.15, -0.1) is 0 Å². The number of carbonyl (C=O) groups is 1. The van der Waals surface area contributed by atoms with Crippen molar-refractivity contribution in [2.24, 2.45) is 0 Å². The van der Waals surface area contributed by atoms with Crippen molar-refractivity contribution in [1.82, 2.24) is 0 Å². The van der Waals surface area contributed by atoms with Crippen LogP contribution in [-0.4, -0.2) is 11.1 Å². The lowest BCUT2D eigenvalue weighted by molar-refractivity contribution is -0.113. The van der Waals surface area contributed by atoms with Gasteiger partial charge in [0.25, 0.3) is 0 Å². The second-order valence-electron chi connectivity index (χ2n) is 1.82. The number of carbonyl (C=O) groups excluding carboxylic acids is 1. The van der Waals surface area contributed by atoms with Crippen molar-refractivity contribution >= 4 is 21.7 Å². The third-order valence-electron chi connectivity index (χ3n) is 0.989. The molecule has 0 amide bonds. The van der Waals surface area contributed by atoms with Crippen LogP contribution in [-0.2, 0) is 4.79 Å². The van der Waals surface area contributed by atoms with Gasteiger partial charge in [0.1, 0.15) is 0 Å². The second-order valence-corrected chi connectivity index (χ2v) is 2.62. The SMILES string of the molecule is C=CC(=O)C/C=C/CCBr. The Morgan fingerprint density at radius 3 is 2.70 bits per heavy atom. The van der Waals surface area contributed by atoms with Crippen LogP contribution in [0.2, 0.25) is 0 Å². The van der Waals surface area contributed by atoms with Crippen LogP contribution in [0.5, 0.6) is 0 Å². The van der Waals surface area contributed by atoms with Crippen LogP contribution >= 0.6 is 15.9 Å². The number of allylic oxidation sites excluding steroid dienone is 3. The molecule has 0 rings (SSSR count). The third-order valence-corrected chi connectivity index (χ3v) is 1.45. The van der Waals surface area contributed by atoms with E-state index in [1.165, 1.54) is 6.08 Å². The van der Waals surface area contributed by atoms with Crippen molar-refractivity contribution in [3.05, 3.63) is 24.8 Å². The van der Waals surface area contributed by atoms with Crippen molar-refractivity contribution < 1.29 is 4.79 Å². The summed E-state index contributed by atoms with van der Waals surface area (Å²) in [5.41, 5.74) is 0. The van der Waals surface area contributed by atoms with Gasteiger partial charge in [-0.05, 0) is 12.5 Å². The lowest BCUT2D eigenvalue weighted by Crippen LogP contribution is -1.86. The van der Waals surface area contributed by atoms with E-state index in [-0.39, 0.29) is 5.78 Å². The summed E-state index contributed by atoms with van der Waals surface area (Å²) in [5.74, 6) is 0.0748. The Morgan fingerprint density at radius 1 is 1.50 bits per heavy atom. The van der Waals surface area contributed by atoms with E-state index in [0.717, 1.165) is 11.8 Å². The maximum atomic E-state index is 10.6. The number of halogens is 1. The molecule has 0 saturated heterocycles. The molecule has 0 aliphatic rings. The molecule has 56 valence electrons. The Morgan fingerprint density at radius 2 is 2.20 bits per heavy atom. The van der Waals surface area contributed by atoms with Gasteiger partial charge < -0.3 is 0 Å². The van der Waals surface area contributed by atoms with E-state index in [1.54, 1.807) is 0 Å². The van der Waals surface area contributed by atoms with Crippen molar-refractivity contribution in [1.29, 1.82) is 0 Å². The quantitative estimate of drug-likeness (QED) is 0.381. The maximum Gasteiger partial charge on any atom is 0.158 e. The Bertz CT molecular complexity index is 138. The molecule has 0 aliphatic carbocycles. The summed E-state index contributed by atoms with van der Waals surface area (Å²) in [6, 6.07) is 0. The lowest BCUT2D eigenvalue weighted by Gasteiger charge is -1.84. The van der Waals surface area contributed by atoms with Gasteiger partial charge in [-0.2, -0.15) is 0 Å². The molecule has 1 nitrogen and oxygen atoms in total. The molecular formula is C8H11BrO. The fraction of sp³-hybridized carbons (Fsp3) is 0.375. The van der Waals surface area contributed by atoms with Crippen LogP contribution in [0.15, 0.2) is 24.8 Å². The van der Waals surface area contributed by atoms with Gasteiger partial charge in [-0.1, -0.05) is 34.7 Å². The Labute approximate surface area is 69.9 Å². The molecule has 0 unspecified atom stereocenters. The predicted molar refractivity (Wildman–Crippen MR) is 47.4 cm³/mol. The average molecular weight is 203 g/mol. The highest BCUT2D eigenvalue weighted by Crippen LogP contribution is 1.92. The van der Waals surface area contributed by atoms with Gasteiger partial charge in [0, 0.05) is 11.8 Å². The fourth-order valence-corrected chi connectivity index (χ4v) is 0.728. The van der Waals surface area contributed by atoms with Crippen LogP contribution in [0, 0.1) is 0 Å². The van der Waals surface area contributed by atoms with Gasteiger partial charge in [0.2, 0.25) is 0 Å². The van der Waals surface area contributed by atoms with Crippen molar-refractivity contribution in [2.75, 3.05) is 5.33 Å². The highest BCUT2D eigenvalue weighted by molar-refractivity contribution is 9.09. The van der Waals surface area contributed by atoms with Gasteiger partial charge in [-0.25, -0.2) is 0 Å². The van der Waals surface area contributed by atoms with Crippen LogP contribution in [0.1, 0.15) is 12.8 Å². The van der Waals surface area contributed by atoms with Crippen molar-refractivity contribution in [3.63, 3.8) is 0 Å². The maximum absolute atomic E-state index is 10.6. The standard InChI is InChI=1S/C8H11BrO/c1-2-8(10)6-4-3-5-7-9/h2-4H,1,5-7H2/b4-3+. The largest absolute Gasteiger partial charge is 0.295 e. The molecule has 2 heteroatoms. The fourth-order valence-electron chi connectivity index (χ4n) is 0.464. The van der Waals surface area contributed by atoms with Gasteiger partial charge in [-0.3, -0.25) is 4.79 Å². The number of hydrogen-bond donors (Lipinski definition) is 0. The molecule has 0 aromatic carbocycles. The summed E-state index contributed by atoms with van der Waals surface area (Å²) >= 11 is 3.28. The zero-order chi connectivity index (χ0) is 7.82. The lowest BCUT2D eigenvalue weighted by atomic mass is 10.2. The third kappa shape index (κ3) is 5.76. The first kappa shape index (κ1) is 9.63. The van der Waals surface area contributed by atoms with Crippen LogP contribution in [0.3, 0.4) is 0 Å². The minimum atomic E-state index is 0.0748. The number of hydrogen-bond acceptors (Lipinski definition) is 1. The molecule has 0 fully saturated rings. The van der Waals surface area contributed by atoms with Crippen molar-refractivity contribution in [3.8, 4) is 0 Å². The summed E-state index contributed by atoms with van der Waals surface area (Å²) in [6.45, 7) is 3.37. The molecule has 0 heterocycles. The minimum Gasteiger partial charge on any atom is -0.295 e. The zero-order valence-corrected chi connectivity index (χ0v) is 7.43. The topological polar surface area (TPSA) is 17.1 Å². The Kier molecular flexibility index (Phi) is 6.50. The van der Waals surface area contributed by atoms with E-state index in [0.29, 0.717) is 6.42 Å². The van der Waals surface area contributed by atoms with Crippen molar-refractivity contribution in [2.45, 2.75) is 12.8 Å². The van der Waals surface area contributed by atoms with E-state index in [4.69, 9.17) is 0 Å². The number of ketones is 1. The van der Waals surface area contributed by atoms with E-state index in [9.17, 15) is 4.79 Å². The van der Waals surface area contributed by atoms with Gasteiger partial charge in [0.15, 0.2) is 5.78 Å². The molecule has 0 spiro atoms. The van der Waals surface area contributed by atoms with Crippen LogP contribution in [0.25, 0.3) is 0 Å². The van der Waals surface area contributed by atoms with E-state index >= 15 is 0 Å². The molecule has 0 saturated carbocycles. The molecule has 10 heavy (non-hydrogen) atoms.